The van der Waals surface area contributed by atoms with Crippen LogP contribution in [-0.4, -0.2) is 17.6 Å². The number of aryl methyl sites for hydroxylation is 1. The van der Waals surface area contributed by atoms with Crippen LogP contribution >= 0.6 is 0 Å². The van der Waals surface area contributed by atoms with Crippen molar-refractivity contribution in [2.75, 3.05) is 6.61 Å². The second-order valence-electron chi connectivity index (χ2n) is 2.79. The quantitative estimate of drug-likeness (QED) is 0.541. The fourth-order valence-electron chi connectivity index (χ4n) is 1.00. The van der Waals surface area contributed by atoms with E-state index in [2.05, 4.69) is 4.98 Å². The number of carbonyl (C=O) groups excluding carboxylic acids is 1. The molecule has 0 saturated heterocycles. The van der Waals surface area contributed by atoms with E-state index >= 15 is 0 Å². The highest BCUT2D eigenvalue weighted by Gasteiger charge is 1.94. The van der Waals surface area contributed by atoms with Crippen LogP contribution in [0.3, 0.4) is 0 Å². The van der Waals surface area contributed by atoms with Crippen LogP contribution in [0.1, 0.15) is 18.3 Å². The summed E-state index contributed by atoms with van der Waals surface area (Å²) in [5.74, 6) is -0.337. The molecule has 1 aromatic heterocycles. The summed E-state index contributed by atoms with van der Waals surface area (Å²) in [5, 5.41) is 0. The van der Waals surface area contributed by atoms with E-state index in [9.17, 15) is 4.79 Å². The normalized spacial score (nSPS) is 10.4. The standard InChI is InChI=1S/C11H13NO2/c1-3-14-11(13)8-7-10-6-4-5-9(2)12-10/h4-8H,3H2,1-2H3. The van der Waals surface area contributed by atoms with Crippen molar-refractivity contribution in [2.45, 2.75) is 13.8 Å². The highest BCUT2D eigenvalue weighted by Crippen LogP contribution is 2.00. The first-order chi connectivity index (χ1) is 6.72. The second-order valence-corrected chi connectivity index (χ2v) is 2.79. The van der Waals surface area contributed by atoms with Crippen molar-refractivity contribution in [3.63, 3.8) is 0 Å². The van der Waals surface area contributed by atoms with Gasteiger partial charge in [0.1, 0.15) is 0 Å². The summed E-state index contributed by atoms with van der Waals surface area (Å²) < 4.78 is 4.74. The highest BCUT2D eigenvalue weighted by molar-refractivity contribution is 5.86. The minimum atomic E-state index is -0.337. The molecule has 3 heteroatoms. The number of carbonyl (C=O) groups is 1. The minimum Gasteiger partial charge on any atom is -0.463 e. The first kappa shape index (κ1) is 10.4. The van der Waals surface area contributed by atoms with Gasteiger partial charge in [-0.05, 0) is 32.1 Å². The monoisotopic (exact) mass is 191 g/mol. The van der Waals surface area contributed by atoms with Crippen molar-refractivity contribution in [3.8, 4) is 0 Å². The molecule has 0 aliphatic carbocycles. The summed E-state index contributed by atoms with van der Waals surface area (Å²) >= 11 is 0. The first-order valence-corrected chi connectivity index (χ1v) is 4.51. The van der Waals surface area contributed by atoms with Crippen molar-refractivity contribution in [2.24, 2.45) is 0 Å². The van der Waals surface area contributed by atoms with Gasteiger partial charge < -0.3 is 4.74 Å². The molecule has 0 amide bonds. The zero-order chi connectivity index (χ0) is 10.4. The van der Waals surface area contributed by atoms with Gasteiger partial charge in [0.15, 0.2) is 0 Å². The van der Waals surface area contributed by atoms with Crippen molar-refractivity contribution >= 4 is 12.0 Å². The molecule has 14 heavy (non-hydrogen) atoms. The Kier molecular flexibility index (Phi) is 3.85. The van der Waals surface area contributed by atoms with E-state index in [0.29, 0.717) is 6.61 Å². The lowest BCUT2D eigenvalue weighted by Crippen LogP contribution is -1.98. The maximum Gasteiger partial charge on any atom is 0.330 e. The fraction of sp³-hybridized carbons (Fsp3) is 0.273. The maximum atomic E-state index is 11.0. The number of hydrogen-bond acceptors (Lipinski definition) is 3. The average molecular weight is 191 g/mol. The van der Waals surface area contributed by atoms with Crippen LogP contribution in [0.5, 0.6) is 0 Å². The van der Waals surface area contributed by atoms with Crippen molar-refractivity contribution in [1.29, 1.82) is 0 Å². The molecule has 0 N–H and O–H groups in total. The molecule has 0 aliphatic heterocycles. The fourth-order valence-corrected chi connectivity index (χ4v) is 1.00. The topological polar surface area (TPSA) is 39.2 Å². The number of ether oxygens (including phenoxy) is 1. The molecular formula is C11H13NO2. The summed E-state index contributed by atoms with van der Waals surface area (Å²) in [6.07, 6.45) is 3.02. The maximum absolute atomic E-state index is 11.0. The molecule has 1 rings (SSSR count). The largest absolute Gasteiger partial charge is 0.463 e. The number of nitrogens with zero attached hydrogens (tertiary/aromatic N) is 1. The van der Waals surface area contributed by atoms with E-state index in [1.807, 2.05) is 25.1 Å². The van der Waals surface area contributed by atoms with E-state index in [0.717, 1.165) is 11.4 Å². The molecule has 0 aromatic carbocycles. The summed E-state index contributed by atoms with van der Waals surface area (Å²) in [5.41, 5.74) is 1.69. The molecule has 0 fully saturated rings. The lowest BCUT2D eigenvalue weighted by atomic mass is 10.3. The lowest BCUT2D eigenvalue weighted by molar-refractivity contribution is -0.137. The zero-order valence-corrected chi connectivity index (χ0v) is 8.36. The van der Waals surface area contributed by atoms with Gasteiger partial charge in [-0.15, -0.1) is 0 Å². The minimum absolute atomic E-state index is 0.337. The van der Waals surface area contributed by atoms with Crippen molar-refractivity contribution in [1.82, 2.24) is 4.98 Å². The third-order valence-electron chi connectivity index (χ3n) is 1.59. The zero-order valence-electron chi connectivity index (χ0n) is 8.36. The lowest BCUT2D eigenvalue weighted by Gasteiger charge is -1.96. The molecule has 0 radical (unpaired) electrons. The summed E-state index contributed by atoms with van der Waals surface area (Å²) in [6, 6.07) is 5.64. The Hall–Kier alpha value is -1.64. The van der Waals surface area contributed by atoms with Crippen LogP contribution in [-0.2, 0) is 9.53 Å². The predicted molar refractivity (Wildman–Crippen MR) is 54.6 cm³/mol. The van der Waals surface area contributed by atoms with Crippen LogP contribution in [0.4, 0.5) is 0 Å². The number of rotatable bonds is 3. The van der Waals surface area contributed by atoms with E-state index in [1.165, 1.54) is 6.08 Å². The summed E-state index contributed by atoms with van der Waals surface area (Å²) in [6.45, 7) is 4.07. The molecular weight excluding hydrogens is 178 g/mol. The van der Waals surface area contributed by atoms with E-state index in [-0.39, 0.29) is 5.97 Å². The second kappa shape index (κ2) is 5.17. The summed E-state index contributed by atoms with van der Waals surface area (Å²) in [7, 11) is 0. The van der Waals surface area contributed by atoms with Crippen LogP contribution < -0.4 is 0 Å². The predicted octanol–water partition coefficient (Wildman–Crippen LogP) is 1.97. The third kappa shape index (κ3) is 3.39. The molecule has 3 nitrogen and oxygen atoms in total. The van der Waals surface area contributed by atoms with Gasteiger partial charge in [-0.1, -0.05) is 6.07 Å². The third-order valence-corrected chi connectivity index (χ3v) is 1.59. The number of pyridine rings is 1. The molecule has 0 bridgehead atoms. The molecule has 0 unspecified atom stereocenters. The van der Waals surface area contributed by atoms with Gasteiger partial charge in [-0.3, -0.25) is 4.98 Å². The summed E-state index contributed by atoms with van der Waals surface area (Å²) in [4.78, 5) is 15.2. The van der Waals surface area contributed by atoms with Gasteiger partial charge in [-0.25, -0.2) is 4.79 Å². The van der Waals surface area contributed by atoms with Gasteiger partial charge in [0, 0.05) is 11.8 Å². The first-order valence-electron chi connectivity index (χ1n) is 4.51. The van der Waals surface area contributed by atoms with Crippen LogP contribution in [0, 0.1) is 6.92 Å². The van der Waals surface area contributed by atoms with Gasteiger partial charge in [0.25, 0.3) is 0 Å². The Labute approximate surface area is 83.4 Å². The Morgan fingerprint density at radius 2 is 2.36 bits per heavy atom. The van der Waals surface area contributed by atoms with Gasteiger partial charge in [0.05, 0.1) is 12.3 Å². The van der Waals surface area contributed by atoms with Crippen molar-refractivity contribution in [3.05, 3.63) is 35.7 Å². The van der Waals surface area contributed by atoms with Gasteiger partial charge in [-0.2, -0.15) is 0 Å². The van der Waals surface area contributed by atoms with Crippen LogP contribution in [0.25, 0.3) is 6.08 Å². The molecule has 0 spiro atoms. The van der Waals surface area contributed by atoms with Gasteiger partial charge in [0.2, 0.25) is 0 Å². The van der Waals surface area contributed by atoms with E-state index in [4.69, 9.17) is 4.74 Å². The smallest absolute Gasteiger partial charge is 0.330 e. The van der Waals surface area contributed by atoms with E-state index in [1.54, 1.807) is 13.0 Å². The molecule has 0 saturated carbocycles. The molecule has 1 aromatic rings. The average Bonchev–Trinajstić information content (AvgIpc) is 2.15. The molecule has 0 aliphatic rings. The molecule has 74 valence electrons. The van der Waals surface area contributed by atoms with Crippen LogP contribution in [0.2, 0.25) is 0 Å². The molecule has 0 atom stereocenters. The van der Waals surface area contributed by atoms with Crippen molar-refractivity contribution < 1.29 is 9.53 Å². The van der Waals surface area contributed by atoms with E-state index < -0.39 is 0 Å². The Morgan fingerprint density at radius 3 is 3.00 bits per heavy atom. The Morgan fingerprint density at radius 1 is 1.57 bits per heavy atom. The van der Waals surface area contributed by atoms with Gasteiger partial charge >= 0.3 is 5.97 Å². The molecule has 1 heterocycles. The number of esters is 1. The Balaban J connectivity index is 2.64. The Bertz CT molecular complexity index is 345. The van der Waals surface area contributed by atoms with Crippen LogP contribution in [0.15, 0.2) is 24.3 Å². The number of aromatic nitrogens is 1. The highest BCUT2D eigenvalue weighted by atomic mass is 16.5. The SMILES string of the molecule is CCOC(=O)C=Cc1cccc(C)n1. The number of hydrogen-bond donors (Lipinski definition) is 0.